The zero-order chi connectivity index (χ0) is 24.4. The molecule has 6 nitrogen and oxygen atoms in total. The predicted octanol–water partition coefficient (Wildman–Crippen LogP) is 4.25. The van der Waals surface area contributed by atoms with Crippen LogP contribution >= 0.6 is 0 Å². The standard InChI is InChI=1S/C29H39N3O3/c1-30-10-6-9-26(30)20-32(19-22-7-4-3-5-8-22)27(33)21-31(11-12-35-2)28(34)29-16-23-13-24(17-29)15-25(14-23)18-29/h3-10,23-25H,11-21H2,1-2H3. The summed E-state index contributed by atoms with van der Waals surface area (Å²) >= 11 is 0. The smallest absolute Gasteiger partial charge is 0.242 e. The Morgan fingerprint density at radius 3 is 2.17 bits per heavy atom. The predicted molar refractivity (Wildman–Crippen MR) is 135 cm³/mol. The van der Waals surface area contributed by atoms with Gasteiger partial charge in [-0.2, -0.15) is 0 Å². The topological polar surface area (TPSA) is 54.8 Å². The second kappa shape index (κ2) is 10.2. The molecular weight excluding hydrogens is 438 g/mol. The van der Waals surface area contributed by atoms with Crippen LogP contribution in [-0.2, 0) is 34.5 Å². The van der Waals surface area contributed by atoms with Crippen molar-refractivity contribution in [2.24, 2.45) is 30.2 Å². The first-order chi connectivity index (χ1) is 17.0. The molecule has 1 heterocycles. The van der Waals surface area contributed by atoms with Gasteiger partial charge in [-0.05, 0) is 74.0 Å². The van der Waals surface area contributed by atoms with Crippen LogP contribution in [0.1, 0.15) is 49.8 Å². The van der Waals surface area contributed by atoms with Gasteiger partial charge in [0.15, 0.2) is 0 Å². The van der Waals surface area contributed by atoms with Gasteiger partial charge in [-0.25, -0.2) is 0 Å². The van der Waals surface area contributed by atoms with Crippen molar-refractivity contribution >= 4 is 11.8 Å². The average Bonchev–Trinajstić information content (AvgIpc) is 3.24. The quantitative estimate of drug-likeness (QED) is 0.514. The van der Waals surface area contributed by atoms with Gasteiger partial charge in [0.25, 0.3) is 0 Å². The second-order valence-electron chi connectivity index (χ2n) is 11.3. The summed E-state index contributed by atoms with van der Waals surface area (Å²) in [6.07, 6.45) is 8.91. The molecule has 1 aromatic heterocycles. The Kier molecular flexibility index (Phi) is 7.01. The normalized spacial score (nSPS) is 26.6. The largest absolute Gasteiger partial charge is 0.383 e. The van der Waals surface area contributed by atoms with Gasteiger partial charge in [0.2, 0.25) is 11.8 Å². The molecule has 188 valence electrons. The number of amides is 2. The molecule has 0 aliphatic heterocycles. The van der Waals surface area contributed by atoms with E-state index < -0.39 is 0 Å². The van der Waals surface area contributed by atoms with Gasteiger partial charge in [0.05, 0.1) is 25.1 Å². The minimum absolute atomic E-state index is 0.00997. The number of methoxy groups -OCH3 is 1. The molecule has 0 atom stereocenters. The van der Waals surface area contributed by atoms with Gasteiger partial charge >= 0.3 is 0 Å². The Morgan fingerprint density at radius 1 is 0.943 bits per heavy atom. The van der Waals surface area contributed by atoms with Crippen molar-refractivity contribution in [2.45, 2.75) is 51.6 Å². The number of carbonyl (C=O) groups is 2. The number of aryl methyl sites for hydroxylation is 1. The highest BCUT2D eigenvalue weighted by molar-refractivity contribution is 5.88. The fourth-order valence-electron chi connectivity index (χ4n) is 7.32. The highest BCUT2D eigenvalue weighted by atomic mass is 16.5. The average molecular weight is 478 g/mol. The lowest BCUT2D eigenvalue weighted by Gasteiger charge is -2.56. The summed E-state index contributed by atoms with van der Waals surface area (Å²) in [5.41, 5.74) is 1.90. The van der Waals surface area contributed by atoms with Crippen LogP contribution in [0.25, 0.3) is 0 Å². The summed E-state index contributed by atoms with van der Waals surface area (Å²) in [4.78, 5) is 31.6. The molecule has 0 radical (unpaired) electrons. The number of nitrogens with zero attached hydrogens (tertiary/aromatic N) is 3. The molecule has 0 unspecified atom stereocenters. The number of hydrogen-bond acceptors (Lipinski definition) is 3. The van der Waals surface area contributed by atoms with Crippen LogP contribution in [0, 0.1) is 23.2 Å². The number of carbonyl (C=O) groups excluding carboxylic acids is 2. The third kappa shape index (κ3) is 5.18. The lowest BCUT2D eigenvalue weighted by atomic mass is 9.49. The molecule has 2 aromatic rings. The van der Waals surface area contributed by atoms with Crippen molar-refractivity contribution in [1.82, 2.24) is 14.4 Å². The van der Waals surface area contributed by atoms with Gasteiger partial charge in [-0.3, -0.25) is 9.59 Å². The van der Waals surface area contributed by atoms with E-state index in [4.69, 9.17) is 4.74 Å². The fourth-order valence-corrected chi connectivity index (χ4v) is 7.32. The summed E-state index contributed by atoms with van der Waals surface area (Å²) in [7, 11) is 3.66. The molecule has 6 heteroatoms. The van der Waals surface area contributed by atoms with Crippen molar-refractivity contribution in [3.05, 3.63) is 59.9 Å². The molecule has 4 aliphatic rings. The summed E-state index contributed by atoms with van der Waals surface area (Å²) in [6.45, 7) is 2.06. The van der Waals surface area contributed by atoms with Gasteiger partial charge in [-0.1, -0.05) is 30.3 Å². The molecule has 6 rings (SSSR count). The van der Waals surface area contributed by atoms with E-state index in [1.165, 1.54) is 19.3 Å². The molecule has 0 saturated heterocycles. The second-order valence-corrected chi connectivity index (χ2v) is 11.3. The third-order valence-corrected chi connectivity index (χ3v) is 8.64. The highest BCUT2D eigenvalue weighted by Gasteiger charge is 2.55. The Bertz CT molecular complexity index is 996. The molecule has 0 spiro atoms. The first-order valence-corrected chi connectivity index (χ1v) is 13.2. The van der Waals surface area contributed by atoms with E-state index in [0.29, 0.717) is 44.0 Å². The first-order valence-electron chi connectivity index (χ1n) is 13.2. The van der Waals surface area contributed by atoms with Crippen LogP contribution in [0.4, 0.5) is 0 Å². The van der Waals surface area contributed by atoms with E-state index in [1.54, 1.807) is 7.11 Å². The van der Waals surface area contributed by atoms with Crippen LogP contribution in [0.15, 0.2) is 48.7 Å². The lowest BCUT2D eigenvalue weighted by molar-refractivity contribution is -0.161. The zero-order valence-electron chi connectivity index (χ0n) is 21.2. The van der Waals surface area contributed by atoms with Gasteiger partial charge in [-0.15, -0.1) is 0 Å². The molecule has 2 amide bonds. The van der Waals surface area contributed by atoms with E-state index in [0.717, 1.165) is 30.5 Å². The van der Waals surface area contributed by atoms with Crippen molar-refractivity contribution in [2.75, 3.05) is 26.8 Å². The first kappa shape index (κ1) is 24.1. The molecule has 4 fully saturated rings. The molecule has 0 N–H and O–H groups in total. The number of hydrogen-bond donors (Lipinski definition) is 0. The van der Waals surface area contributed by atoms with Gasteiger partial charge < -0.3 is 19.1 Å². The summed E-state index contributed by atoms with van der Waals surface area (Å²) in [5.74, 6) is 2.26. The Hall–Kier alpha value is -2.60. The van der Waals surface area contributed by atoms with Gasteiger partial charge in [0.1, 0.15) is 0 Å². The van der Waals surface area contributed by atoms with Crippen molar-refractivity contribution in [3.8, 4) is 0 Å². The molecular formula is C29H39N3O3. The number of ether oxygens (including phenoxy) is 1. The maximum absolute atomic E-state index is 14.1. The fraction of sp³-hybridized carbons (Fsp3) is 0.586. The van der Waals surface area contributed by atoms with E-state index in [1.807, 2.05) is 47.3 Å². The number of rotatable bonds is 10. The molecule has 35 heavy (non-hydrogen) atoms. The van der Waals surface area contributed by atoms with E-state index in [9.17, 15) is 9.59 Å². The van der Waals surface area contributed by atoms with Crippen LogP contribution in [0.3, 0.4) is 0 Å². The maximum Gasteiger partial charge on any atom is 0.242 e. The SMILES string of the molecule is COCCN(CC(=O)N(Cc1ccccc1)Cc1cccn1C)C(=O)C12CC3CC(CC(C3)C1)C2. The van der Waals surface area contributed by atoms with Crippen LogP contribution in [0.2, 0.25) is 0 Å². The monoisotopic (exact) mass is 477 g/mol. The van der Waals surface area contributed by atoms with Gasteiger partial charge in [0, 0.05) is 39.1 Å². The molecule has 4 saturated carbocycles. The van der Waals surface area contributed by atoms with Crippen LogP contribution < -0.4 is 0 Å². The molecule has 1 aromatic carbocycles. The molecule has 4 bridgehead atoms. The summed E-state index contributed by atoms with van der Waals surface area (Å²) < 4.78 is 7.41. The minimum atomic E-state index is -0.259. The van der Waals surface area contributed by atoms with E-state index in [-0.39, 0.29) is 23.8 Å². The van der Waals surface area contributed by atoms with Crippen molar-refractivity contribution in [1.29, 1.82) is 0 Å². The van der Waals surface area contributed by atoms with Crippen LogP contribution in [-0.4, -0.2) is 53.0 Å². The third-order valence-electron chi connectivity index (χ3n) is 8.64. The Labute approximate surface area is 209 Å². The number of benzene rings is 1. The van der Waals surface area contributed by atoms with E-state index in [2.05, 4.69) is 22.8 Å². The minimum Gasteiger partial charge on any atom is -0.383 e. The highest BCUT2D eigenvalue weighted by Crippen LogP contribution is 2.60. The zero-order valence-corrected chi connectivity index (χ0v) is 21.2. The molecule has 4 aliphatic carbocycles. The Morgan fingerprint density at radius 2 is 1.60 bits per heavy atom. The van der Waals surface area contributed by atoms with Crippen molar-refractivity contribution in [3.63, 3.8) is 0 Å². The summed E-state index contributed by atoms with van der Waals surface area (Å²) in [5, 5.41) is 0. The number of aromatic nitrogens is 1. The van der Waals surface area contributed by atoms with Crippen molar-refractivity contribution < 1.29 is 14.3 Å². The Balaban J connectivity index is 1.35. The van der Waals surface area contributed by atoms with E-state index >= 15 is 0 Å². The summed E-state index contributed by atoms with van der Waals surface area (Å²) in [6, 6.07) is 14.1. The lowest BCUT2D eigenvalue weighted by Crippen LogP contribution is -2.56. The maximum atomic E-state index is 14.1. The van der Waals surface area contributed by atoms with Crippen LogP contribution in [0.5, 0.6) is 0 Å².